The molecule has 1 saturated heterocycles. The van der Waals surface area contributed by atoms with Gasteiger partial charge in [-0.2, -0.15) is 0 Å². The fraction of sp³-hybridized carbons (Fsp3) is 0.500. The van der Waals surface area contributed by atoms with E-state index in [-0.39, 0.29) is 12.6 Å². The Morgan fingerprint density at radius 2 is 1.95 bits per heavy atom. The van der Waals surface area contributed by atoms with Crippen LogP contribution in [0.5, 0.6) is 0 Å². The van der Waals surface area contributed by atoms with Crippen LogP contribution in [0.2, 0.25) is 0 Å². The number of aliphatic hydroxyl groups is 1. The first kappa shape index (κ1) is 13.9. The van der Waals surface area contributed by atoms with Crippen molar-refractivity contribution in [2.75, 3.05) is 13.2 Å². The molecule has 1 aliphatic heterocycles. The molecule has 104 valence electrons. The van der Waals surface area contributed by atoms with Gasteiger partial charge < -0.3 is 10.0 Å². The van der Waals surface area contributed by atoms with Crippen LogP contribution in [0.25, 0.3) is 0 Å². The van der Waals surface area contributed by atoms with Crippen molar-refractivity contribution >= 4 is 5.91 Å². The van der Waals surface area contributed by atoms with Gasteiger partial charge in [-0.3, -0.25) is 4.79 Å². The largest absolute Gasteiger partial charge is 0.394 e. The molecule has 0 bridgehead atoms. The molecule has 1 aromatic carbocycles. The van der Waals surface area contributed by atoms with Gasteiger partial charge in [-0.15, -0.1) is 0 Å². The summed E-state index contributed by atoms with van der Waals surface area (Å²) in [6.45, 7) is 0.250. The van der Waals surface area contributed by atoms with Crippen LogP contribution < -0.4 is 0 Å². The van der Waals surface area contributed by atoms with Crippen molar-refractivity contribution in [3.63, 3.8) is 0 Å². The summed E-state index contributed by atoms with van der Waals surface area (Å²) in [5.41, 5.74) is -0.525. The Hall–Kier alpha value is -1.49. The molecule has 1 heterocycles. The van der Waals surface area contributed by atoms with Gasteiger partial charge in [0.1, 0.15) is 17.2 Å². The highest BCUT2D eigenvalue weighted by atomic mass is 19.1. The molecule has 0 aromatic heterocycles. The van der Waals surface area contributed by atoms with Gasteiger partial charge in [0.2, 0.25) is 0 Å². The first-order valence-electron chi connectivity index (χ1n) is 6.51. The molecule has 1 fully saturated rings. The maximum Gasteiger partial charge on any atom is 0.260 e. The van der Waals surface area contributed by atoms with E-state index in [0.717, 1.165) is 31.4 Å². The quantitative estimate of drug-likeness (QED) is 0.895. The van der Waals surface area contributed by atoms with E-state index in [0.29, 0.717) is 13.0 Å². The third-order valence-corrected chi connectivity index (χ3v) is 3.53. The Morgan fingerprint density at radius 3 is 2.58 bits per heavy atom. The Kier molecular flexibility index (Phi) is 4.47. The predicted molar refractivity (Wildman–Crippen MR) is 66.7 cm³/mol. The molecule has 0 saturated carbocycles. The van der Waals surface area contributed by atoms with Crippen molar-refractivity contribution in [2.45, 2.75) is 31.7 Å². The molecule has 3 nitrogen and oxygen atoms in total. The van der Waals surface area contributed by atoms with Crippen LogP contribution in [0.15, 0.2) is 18.2 Å². The zero-order valence-electron chi connectivity index (χ0n) is 10.6. The Balaban J connectivity index is 2.30. The minimum absolute atomic E-state index is 0.179. The van der Waals surface area contributed by atoms with Crippen LogP contribution in [-0.4, -0.2) is 35.1 Å². The van der Waals surface area contributed by atoms with E-state index in [1.807, 2.05) is 0 Å². The molecule has 1 amide bonds. The fourth-order valence-corrected chi connectivity index (χ4v) is 2.48. The molecule has 0 aliphatic carbocycles. The summed E-state index contributed by atoms with van der Waals surface area (Å²) >= 11 is 0. The molecule has 1 aliphatic rings. The molecule has 1 aromatic rings. The summed E-state index contributed by atoms with van der Waals surface area (Å²) in [6, 6.07) is 3.02. The highest BCUT2D eigenvalue weighted by molar-refractivity contribution is 5.95. The molecule has 5 heteroatoms. The minimum atomic E-state index is -0.856. The molecule has 1 atom stereocenters. The van der Waals surface area contributed by atoms with E-state index >= 15 is 0 Å². The van der Waals surface area contributed by atoms with E-state index < -0.39 is 23.1 Å². The van der Waals surface area contributed by atoms with Crippen LogP contribution in [-0.2, 0) is 0 Å². The van der Waals surface area contributed by atoms with Crippen molar-refractivity contribution in [3.05, 3.63) is 35.4 Å². The van der Waals surface area contributed by atoms with E-state index in [1.165, 1.54) is 11.0 Å². The van der Waals surface area contributed by atoms with Crippen molar-refractivity contribution in [3.8, 4) is 0 Å². The first-order chi connectivity index (χ1) is 9.15. The zero-order chi connectivity index (χ0) is 13.8. The highest BCUT2D eigenvalue weighted by Crippen LogP contribution is 2.21. The van der Waals surface area contributed by atoms with Gasteiger partial charge in [0, 0.05) is 6.54 Å². The van der Waals surface area contributed by atoms with Crippen molar-refractivity contribution in [2.24, 2.45) is 0 Å². The third-order valence-electron chi connectivity index (χ3n) is 3.53. The van der Waals surface area contributed by atoms with Gasteiger partial charge in [-0.1, -0.05) is 18.9 Å². The number of hydrogen-bond donors (Lipinski definition) is 1. The molecule has 1 unspecified atom stereocenters. The maximum atomic E-state index is 13.6. The van der Waals surface area contributed by atoms with Crippen molar-refractivity contribution in [1.29, 1.82) is 0 Å². The molecule has 0 spiro atoms. The van der Waals surface area contributed by atoms with Gasteiger partial charge >= 0.3 is 0 Å². The Bertz CT molecular complexity index is 445. The van der Waals surface area contributed by atoms with Crippen LogP contribution >= 0.6 is 0 Å². The molecular formula is C14H17F2NO2. The molecule has 2 rings (SSSR count). The number of aliphatic hydroxyl groups excluding tert-OH is 1. The number of nitrogens with zero attached hydrogens (tertiary/aromatic N) is 1. The summed E-state index contributed by atoms with van der Waals surface area (Å²) in [5, 5.41) is 9.34. The van der Waals surface area contributed by atoms with Crippen molar-refractivity contribution in [1.82, 2.24) is 4.90 Å². The third kappa shape index (κ3) is 2.92. The lowest BCUT2D eigenvalue weighted by molar-refractivity contribution is 0.0590. The van der Waals surface area contributed by atoms with E-state index in [9.17, 15) is 18.7 Å². The lowest BCUT2D eigenvalue weighted by atomic mass is 10.1. The van der Waals surface area contributed by atoms with Crippen molar-refractivity contribution < 1.29 is 18.7 Å². The minimum Gasteiger partial charge on any atom is -0.394 e. The normalized spacial score (nSPS) is 20.2. The molecule has 1 N–H and O–H groups in total. The second-order valence-corrected chi connectivity index (χ2v) is 4.78. The van der Waals surface area contributed by atoms with E-state index in [2.05, 4.69) is 0 Å². The molecule has 19 heavy (non-hydrogen) atoms. The number of amides is 1. The summed E-state index contributed by atoms with van der Waals surface area (Å²) in [7, 11) is 0. The van der Waals surface area contributed by atoms with E-state index in [4.69, 9.17) is 0 Å². The molecular weight excluding hydrogens is 252 g/mol. The van der Waals surface area contributed by atoms with Gasteiger partial charge in [-0.05, 0) is 25.0 Å². The average molecular weight is 269 g/mol. The number of likely N-dealkylation sites (tertiary alicyclic amines) is 1. The molecule has 0 radical (unpaired) electrons. The second-order valence-electron chi connectivity index (χ2n) is 4.78. The van der Waals surface area contributed by atoms with Gasteiger partial charge in [0.05, 0.1) is 12.6 Å². The number of hydrogen-bond acceptors (Lipinski definition) is 2. The lowest BCUT2D eigenvalue weighted by Crippen LogP contribution is -2.42. The monoisotopic (exact) mass is 269 g/mol. The van der Waals surface area contributed by atoms with Gasteiger partial charge in [0.25, 0.3) is 5.91 Å². The number of carbonyl (C=O) groups is 1. The average Bonchev–Trinajstić information content (AvgIpc) is 2.63. The number of benzene rings is 1. The van der Waals surface area contributed by atoms with Gasteiger partial charge in [-0.25, -0.2) is 8.78 Å². The SMILES string of the molecule is O=C(c1c(F)cccc1F)N1CCCCCC1CO. The standard InChI is InChI=1S/C14H17F2NO2/c15-11-6-4-7-12(16)13(11)14(19)17-8-3-1-2-5-10(17)9-18/h4,6-7,10,18H,1-3,5,8-9H2. The second kappa shape index (κ2) is 6.10. The summed E-state index contributed by atoms with van der Waals surface area (Å²) < 4.78 is 27.3. The highest BCUT2D eigenvalue weighted by Gasteiger charge is 2.29. The fourth-order valence-electron chi connectivity index (χ4n) is 2.48. The number of rotatable bonds is 2. The summed E-state index contributed by atoms with van der Waals surface area (Å²) in [5.74, 6) is -2.38. The summed E-state index contributed by atoms with van der Waals surface area (Å²) in [6.07, 6.45) is 3.32. The maximum absolute atomic E-state index is 13.6. The lowest BCUT2D eigenvalue weighted by Gasteiger charge is -2.28. The van der Waals surface area contributed by atoms with Crippen LogP contribution in [0.4, 0.5) is 8.78 Å². The summed E-state index contributed by atoms with van der Waals surface area (Å²) in [4.78, 5) is 13.7. The number of carbonyl (C=O) groups excluding carboxylic acids is 1. The predicted octanol–water partition coefficient (Wildman–Crippen LogP) is 2.34. The van der Waals surface area contributed by atoms with E-state index in [1.54, 1.807) is 0 Å². The van der Waals surface area contributed by atoms with Crippen LogP contribution in [0.1, 0.15) is 36.0 Å². The topological polar surface area (TPSA) is 40.5 Å². The zero-order valence-corrected chi connectivity index (χ0v) is 10.6. The van der Waals surface area contributed by atoms with Crippen LogP contribution in [0.3, 0.4) is 0 Å². The Labute approximate surface area is 110 Å². The van der Waals surface area contributed by atoms with Gasteiger partial charge in [0.15, 0.2) is 0 Å². The number of halogens is 2. The smallest absolute Gasteiger partial charge is 0.260 e. The van der Waals surface area contributed by atoms with Crippen LogP contribution in [0, 0.1) is 11.6 Å². The Morgan fingerprint density at radius 1 is 1.26 bits per heavy atom. The first-order valence-corrected chi connectivity index (χ1v) is 6.51.